The number of nitrogens with two attached hydrogens (primary N) is 1. The summed E-state index contributed by atoms with van der Waals surface area (Å²) >= 11 is 3.65. The van der Waals surface area contributed by atoms with Gasteiger partial charge in [0.15, 0.2) is 0 Å². The van der Waals surface area contributed by atoms with Gasteiger partial charge in [0.25, 0.3) is 0 Å². The van der Waals surface area contributed by atoms with Gasteiger partial charge in [0.2, 0.25) is 0 Å². The van der Waals surface area contributed by atoms with Crippen LogP contribution < -0.4 is 10.6 Å². The Morgan fingerprint density at radius 2 is 1.74 bits per heavy atom. The maximum Gasteiger partial charge on any atom is 0.0377 e. The highest BCUT2D eigenvalue weighted by atomic mass is 79.9. The molecule has 1 unspecified atom stereocenters. The monoisotopic (exact) mass is 326 g/mol. The lowest BCUT2D eigenvalue weighted by atomic mass is 10.1. The van der Waals surface area contributed by atoms with E-state index in [-0.39, 0.29) is 6.04 Å². The first-order valence-corrected chi connectivity index (χ1v) is 8.19. The van der Waals surface area contributed by atoms with Crippen molar-refractivity contribution in [1.82, 2.24) is 0 Å². The zero-order chi connectivity index (χ0) is 14.3. The van der Waals surface area contributed by atoms with Crippen LogP contribution in [0.5, 0.6) is 0 Å². The number of nitrogens with zero attached hydrogens (tertiary/aromatic N) is 1. The van der Waals surface area contributed by atoms with Crippen molar-refractivity contribution in [3.05, 3.63) is 28.2 Å². The molecule has 108 valence electrons. The second-order valence-corrected chi connectivity index (χ2v) is 6.04. The third-order valence-corrected chi connectivity index (χ3v) is 4.09. The molecular formula is C16H27BrN2. The van der Waals surface area contributed by atoms with Crippen LogP contribution in [-0.4, -0.2) is 13.1 Å². The Labute approximate surface area is 126 Å². The molecule has 0 aliphatic heterocycles. The van der Waals surface area contributed by atoms with Crippen LogP contribution in [0, 0.1) is 0 Å². The Morgan fingerprint density at radius 1 is 1.16 bits per heavy atom. The third-order valence-electron chi connectivity index (χ3n) is 3.40. The molecule has 0 bridgehead atoms. The fourth-order valence-corrected chi connectivity index (χ4v) is 2.88. The summed E-state index contributed by atoms with van der Waals surface area (Å²) in [5.74, 6) is 0. The normalized spacial score (nSPS) is 12.5. The molecule has 2 nitrogen and oxygen atoms in total. The van der Waals surface area contributed by atoms with E-state index in [1.165, 1.54) is 36.9 Å². The molecule has 0 aliphatic rings. The van der Waals surface area contributed by atoms with Crippen molar-refractivity contribution in [3.8, 4) is 0 Å². The Balaban J connectivity index is 2.85. The lowest BCUT2D eigenvalue weighted by Crippen LogP contribution is -2.25. The quantitative estimate of drug-likeness (QED) is 0.738. The summed E-state index contributed by atoms with van der Waals surface area (Å²) in [6.07, 6.45) is 4.97. The van der Waals surface area contributed by atoms with E-state index in [0.29, 0.717) is 0 Å². The van der Waals surface area contributed by atoms with Crippen molar-refractivity contribution in [1.29, 1.82) is 0 Å². The molecule has 1 rings (SSSR count). The molecule has 19 heavy (non-hydrogen) atoms. The Bertz CT molecular complexity index is 369. The molecule has 2 N–H and O–H groups in total. The maximum absolute atomic E-state index is 5.96. The predicted molar refractivity (Wildman–Crippen MR) is 88.8 cm³/mol. The number of hydrogen-bond acceptors (Lipinski definition) is 2. The molecule has 1 aromatic rings. The first-order valence-electron chi connectivity index (χ1n) is 7.40. The van der Waals surface area contributed by atoms with Gasteiger partial charge in [-0.3, -0.25) is 0 Å². The molecule has 0 saturated heterocycles. The van der Waals surface area contributed by atoms with Gasteiger partial charge in [0, 0.05) is 29.3 Å². The summed E-state index contributed by atoms with van der Waals surface area (Å²) in [5, 5.41) is 0. The minimum absolute atomic E-state index is 0.0724. The highest BCUT2D eigenvalue weighted by Gasteiger charge is 2.10. The SMILES string of the molecule is CCCCN(CCCC)c1ccc(C(C)N)c(Br)c1. The second-order valence-electron chi connectivity index (χ2n) is 5.19. The zero-order valence-electron chi connectivity index (χ0n) is 12.5. The summed E-state index contributed by atoms with van der Waals surface area (Å²) in [5.41, 5.74) is 8.44. The van der Waals surface area contributed by atoms with E-state index >= 15 is 0 Å². The van der Waals surface area contributed by atoms with E-state index in [1.807, 2.05) is 6.92 Å². The van der Waals surface area contributed by atoms with E-state index in [1.54, 1.807) is 0 Å². The average molecular weight is 327 g/mol. The van der Waals surface area contributed by atoms with E-state index < -0.39 is 0 Å². The Hall–Kier alpha value is -0.540. The van der Waals surface area contributed by atoms with Crippen molar-refractivity contribution in [2.75, 3.05) is 18.0 Å². The molecule has 0 radical (unpaired) electrons. The number of anilines is 1. The summed E-state index contributed by atoms with van der Waals surface area (Å²) in [7, 11) is 0. The van der Waals surface area contributed by atoms with E-state index in [9.17, 15) is 0 Å². The van der Waals surface area contributed by atoms with Crippen molar-refractivity contribution in [2.24, 2.45) is 5.73 Å². The summed E-state index contributed by atoms with van der Waals surface area (Å²) < 4.78 is 1.12. The summed E-state index contributed by atoms with van der Waals surface area (Å²) in [4.78, 5) is 2.49. The van der Waals surface area contributed by atoms with Crippen LogP contribution >= 0.6 is 15.9 Å². The number of unbranched alkanes of at least 4 members (excludes halogenated alkanes) is 2. The highest BCUT2D eigenvalue weighted by Crippen LogP contribution is 2.27. The maximum atomic E-state index is 5.96. The molecule has 0 saturated carbocycles. The minimum atomic E-state index is 0.0724. The number of rotatable bonds is 8. The Morgan fingerprint density at radius 3 is 2.16 bits per heavy atom. The third kappa shape index (κ3) is 5.15. The van der Waals surface area contributed by atoms with Crippen LogP contribution in [0.3, 0.4) is 0 Å². The number of hydrogen-bond donors (Lipinski definition) is 1. The van der Waals surface area contributed by atoms with Gasteiger partial charge in [-0.05, 0) is 37.5 Å². The first kappa shape index (κ1) is 16.5. The van der Waals surface area contributed by atoms with Gasteiger partial charge in [-0.15, -0.1) is 0 Å². The molecule has 0 spiro atoms. The Kier molecular flexibility index (Phi) is 7.47. The van der Waals surface area contributed by atoms with Gasteiger partial charge >= 0.3 is 0 Å². The van der Waals surface area contributed by atoms with Crippen LogP contribution in [0.4, 0.5) is 5.69 Å². The average Bonchev–Trinajstić information content (AvgIpc) is 2.38. The van der Waals surface area contributed by atoms with Crippen molar-refractivity contribution in [3.63, 3.8) is 0 Å². The van der Waals surface area contributed by atoms with E-state index in [0.717, 1.165) is 17.6 Å². The van der Waals surface area contributed by atoms with Gasteiger partial charge in [-0.2, -0.15) is 0 Å². The summed E-state index contributed by atoms with van der Waals surface area (Å²) in [6, 6.07) is 6.64. The zero-order valence-corrected chi connectivity index (χ0v) is 14.0. The van der Waals surface area contributed by atoms with E-state index in [4.69, 9.17) is 5.73 Å². The molecule has 0 amide bonds. The lowest BCUT2D eigenvalue weighted by Gasteiger charge is -2.25. The number of benzene rings is 1. The van der Waals surface area contributed by atoms with Gasteiger partial charge in [0.1, 0.15) is 0 Å². The molecule has 1 aromatic carbocycles. The van der Waals surface area contributed by atoms with E-state index in [2.05, 4.69) is 52.9 Å². The first-order chi connectivity index (χ1) is 9.10. The fraction of sp³-hybridized carbons (Fsp3) is 0.625. The minimum Gasteiger partial charge on any atom is -0.372 e. The predicted octanol–water partition coefficient (Wildman–Crippen LogP) is 4.88. The smallest absolute Gasteiger partial charge is 0.0377 e. The highest BCUT2D eigenvalue weighted by molar-refractivity contribution is 9.10. The molecule has 0 aromatic heterocycles. The molecule has 0 aliphatic carbocycles. The lowest BCUT2D eigenvalue weighted by molar-refractivity contribution is 0.677. The molecule has 1 atom stereocenters. The standard InChI is InChI=1S/C16H27BrN2/c1-4-6-10-19(11-7-5-2)14-8-9-15(13(3)18)16(17)12-14/h8-9,12-13H,4-7,10-11,18H2,1-3H3. The van der Waals surface area contributed by atoms with Gasteiger partial charge in [-0.25, -0.2) is 0 Å². The van der Waals surface area contributed by atoms with Crippen molar-refractivity contribution >= 4 is 21.6 Å². The topological polar surface area (TPSA) is 29.3 Å². The van der Waals surface area contributed by atoms with Crippen LogP contribution in [0.1, 0.15) is 58.1 Å². The molecule has 0 fully saturated rings. The summed E-state index contributed by atoms with van der Waals surface area (Å²) in [6.45, 7) is 8.78. The molecular weight excluding hydrogens is 300 g/mol. The van der Waals surface area contributed by atoms with Crippen LogP contribution in [0.15, 0.2) is 22.7 Å². The van der Waals surface area contributed by atoms with Crippen molar-refractivity contribution in [2.45, 2.75) is 52.5 Å². The molecule has 3 heteroatoms. The van der Waals surface area contributed by atoms with Gasteiger partial charge < -0.3 is 10.6 Å². The fourth-order valence-electron chi connectivity index (χ4n) is 2.15. The molecule has 0 heterocycles. The van der Waals surface area contributed by atoms with Gasteiger partial charge in [0.05, 0.1) is 0 Å². The van der Waals surface area contributed by atoms with Crippen LogP contribution in [-0.2, 0) is 0 Å². The van der Waals surface area contributed by atoms with Crippen LogP contribution in [0.25, 0.3) is 0 Å². The van der Waals surface area contributed by atoms with Gasteiger partial charge in [-0.1, -0.05) is 48.7 Å². The second kappa shape index (κ2) is 8.60. The van der Waals surface area contributed by atoms with Crippen LogP contribution in [0.2, 0.25) is 0 Å². The largest absolute Gasteiger partial charge is 0.372 e. The number of halogens is 1. The van der Waals surface area contributed by atoms with Crippen molar-refractivity contribution < 1.29 is 0 Å².